The van der Waals surface area contributed by atoms with Crippen LogP contribution in [0.4, 0.5) is 0 Å². The Bertz CT molecular complexity index is 1270. The van der Waals surface area contributed by atoms with E-state index in [1.807, 2.05) is 12.1 Å². The Morgan fingerprint density at radius 2 is 1.67 bits per heavy atom. The first-order chi connectivity index (χ1) is 20.7. The molecule has 0 spiro atoms. The van der Waals surface area contributed by atoms with Crippen molar-refractivity contribution in [2.45, 2.75) is 46.6 Å². The van der Waals surface area contributed by atoms with E-state index in [0.29, 0.717) is 79.6 Å². The van der Waals surface area contributed by atoms with Crippen molar-refractivity contribution < 1.29 is 33.6 Å². The lowest BCUT2D eigenvalue weighted by Gasteiger charge is -2.29. The standard InChI is InChI=1S/C34H46N2O7/c1-23(2)13-18-42-28-12-9-26(21-29(28)40-5)31-30(32(37)25-7-10-27(11-8-25)43-22-24(3)4)33(38)34(39)36(31)15-6-14-35-16-19-41-20-17-35/h7-12,21,23-24,31,37H,6,13-20,22H2,1-5H3/b32-30+. The molecule has 1 amide bonds. The van der Waals surface area contributed by atoms with Crippen LogP contribution < -0.4 is 14.2 Å². The number of carbonyl (C=O) groups excluding carboxylic acids is 2. The van der Waals surface area contributed by atoms with Gasteiger partial charge in [0.2, 0.25) is 0 Å². The SMILES string of the molecule is COc1cc(C2/C(=C(\O)c3ccc(OCC(C)C)cc3)C(=O)C(=O)N2CCCN2CCOCC2)ccc1OCCC(C)C. The van der Waals surface area contributed by atoms with E-state index in [2.05, 4.69) is 32.6 Å². The minimum atomic E-state index is -0.778. The fourth-order valence-electron chi connectivity index (χ4n) is 5.25. The Kier molecular flexibility index (Phi) is 11.5. The molecule has 2 saturated heterocycles. The summed E-state index contributed by atoms with van der Waals surface area (Å²) in [5.74, 6) is 1.09. The van der Waals surface area contributed by atoms with Crippen LogP contribution in [0.3, 0.4) is 0 Å². The van der Waals surface area contributed by atoms with Gasteiger partial charge < -0.3 is 29.0 Å². The van der Waals surface area contributed by atoms with Gasteiger partial charge in [-0.15, -0.1) is 0 Å². The Labute approximate surface area is 255 Å². The van der Waals surface area contributed by atoms with Gasteiger partial charge in [0.15, 0.2) is 11.5 Å². The summed E-state index contributed by atoms with van der Waals surface area (Å²) in [6, 6.07) is 11.6. The second-order valence-corrected chi connectivity index (χ2v) is 12.0. The van der Waals surface area contributed by atoms with Gasteiger partial charge in [-0.3, -0.25) is 14.5 Å². The fourth-order valence-corrected chi connectivity index (χ4v) is 5.25. The maximum Gasteiger partial charge on any atom is 0.295 e. The van der Waals surface area contributed by atoms with Crippen molar-refractivity contribution in [1.82, 2.24) is 9.80 Å². The maximum atomic E-state index is 13.5. The van der Waals surface area contributed by atoms with E-state index in [1.54, 1.807) is 42.3 Å². The average molecular weight is 595 g/mol. The van der Waals surface area contributed by atoms with Gasteiger partial charge in [-0.25, -0.2) is 0 Å². The van der Waals surface area contributed by atoms with E-state index in [0.717, 1.165) is 26.1 Å². The lowest BCUT2D eigenvalue weighted by molar-refractivity contribution is -0.140. The predicted octanol–water partition coefficient (Wildman–Crippen LogP) is 5.30. The molecule has 2 aromatic rings. The summed E-state index contributed by atoms with van der Waals surface area (Å²) < 4.78 is 22.9. The molecule has 2 aliphatic heterocycles. The Balaban J connectivity index is 1.66. The third kappa shape index (κ3) is 8.30. The molecule has 9 nitrogen and oxygen atoms in total. The number of morpholine rings is 1. The van der Waals surface area contributed by atoms with Crippen molar-refractivity contribution in [3.05, 3.63) is 59.2 Å². The van der Waals surface area contributed by atoms with Gasteiger partial charge in [0.25, 0.3) is 11.7 Å². The van der Waals surface area contributed by atoms with E-state index < -0.39 is 17.7 Å². The molecule has 2 fully saturated rings. The third-order valence-electron chi connectivity index (χ3n) is 7.68. The summed E-state index contributed by atoms with van der Waals surface area (Å²) in [4.78, 5) is 30.9. The summed E-state index contributed by atoms with van der Waals surface area (Å²) in [6.45, 7) is 13.7. The topological polar surface area (TPSA) is 97.8 Å². The molecule has 1 atom stereocenters. The van der Waals surface area contributed by atoms with Crippen molar-refractivity contribution in [3.63, 3.8) is 0 Å². The number of aliphatic hydroxyl groups excluding tert-OH is 1. The van der Waals surface area contributed by atoms with Crippen LogP contribution in [0.15, 0.2) is 48.0 Å². The first kappa shape index (κ1) is 32.4. The van der Waals surface area contributed by atoms with Gasteiger partial charge in [-0.1, -0.05) is 33.8 Å². The molecule has 0 radical (unpaired) electrons. The van der Waals surface area contributed by atoms with Gasteiger partial charge in [0, 0.05) is 31.7 Å². The molecule has 2 aromatic carbocycles. The number of likely N-dealkylation sites (tertiary alicyclic amines) is 1. The summed E-state index contributed by atoms with van der Waals surface area (Å²) in [7, 11) is 1.57. The lowest BCUT2D eigenvalue weighted by atomic mass is 9.95. The number of nitrogens with zero attached hydrogens (tertiary/aromatic N) is 2. The molecule has 4 rings (SSSR count). The number of ketones is 1. The van der Waals surface area contributed by atoms with E-state index in [4.69, 9.17) is 18.9 Å². The molecule has 1 N–H and O–H groups in total. The van der Waals surface area contributed by atoms with Crippen molar-refractivity contribution in [1.29, 1.82) is 0 Å². The van der Waals surface area contributed by atoms with Gasteiger partial charge in [0.05, 0.1) is 45.2 Å². The summed E-state index contributed by atoms with van der Waals surface area (Å²) in [5.41, 5.74) is 1.16. The second kappa shape index (κ2) is 15.3. The second-order valence-electron chi connectivity index (χ2n) is 12.0. The minimum absolute atomic E-state index is 0.0581. The molecule has 9 heteroatoms. The van der Waals surface area contributed by atoms with Crippen LogP contribution in [0.1, 0.15) is 57.7 Å². The van der Waals surface area contributed by atoms with Crippen LogP contribution in [0, 0.1) is 11.8 Å². The molecular formula is C34H46N2O7. The Morgan fingerprint density at radius 3 is 2.33 bits per heavy atom. The predicted molar refractivity (Wildman–Crippen MR) is 166 cm³/mol. The number of benzene rings is 2. The fraction of sp³-hybridized carbons (Fsp3) is 0.529. The average Bonchev–Trinajstić information content (AvgIpc) is 3.25. The lowest BCUT2D eigenvalue weighted by Crippen LogP contribution is -2.39. The molecule has 0 aromatic heterocycles. The molecule has 43 heavy (non-hydrogen) atoms. The highest BCUT2D eigenvalue weighted by molar-refractivity contribution is 6.46. The number of methoxy groups -OCH3 is 1. The number of aliphatic hydroxyl groups is 1. The van der Waals surface area contributed by atoms with Gasteiger partial charge in [0.1, 0.15) is 11.5 Å². The van der Waals surface area contributed by atoms with Crippen LogP contribution in [-0.2, 0) is 14.3 Å². The highest BCUT2D eigenvalue weighted by Gasteiger charge is 2.46. The monoisotopic (exact) mass is 594 g/mol. The zero-order valence-electron chi connectivity index (χ0n) is 26.1. The molecule has 0 saturated carbocycles. The minimum Gasteiger partial charge on any atom is -0.507 e. The quantitative estimate of drug-likeness (QED) is 0.179. The summed E-state index contributed by atoms with van der Waals surface area (Å²) in [5, 5.41) is 11.5. The van der Waals surface area contributed by atoms with Crippen molar-refractivity contribution in [2.24, 2.45) is 11.8 Å². The zero-order valence-corrected chi connectivity index (χ0v) is 26.1. The van der Waals surface area contributed by atoms with E-state index in [1.165, 1.54) is 0 Å². The Hall–Kier alpha value is -3.56. The van der Waals surface area contributed by atoms with Crippen LogP contribution in [-0.4, -0.2) is 86.3 Å². The molecule has 0 bridgehead atoms. The molecule has 1 unspecified atom stereocenters. The third-order valence-corrected chi connectivity index (χ3v) is 7.68. The number of rotatable bonds is 14. The number of hydrogen-bond acceptors (Lipinski definition) is 8. The van der Waals surface area contributed by atoms with Crippen LogP contribution in [0.25, 0.3) is 5.76 Å². The highest BCUT2D eigenvalue weighted by atomic mass is 16.5. The van der Waals surface area contributed by atoms with Crippen molar-refractivity contribution in [3.8, 4) is 17.2 Å². The molecule has 0 aliphatic carbocycles. The van der Waals surface area contributed by atoms with Gasteiger partial charge >= 0.3 is 0 Å². The van der Waals surface area contributed by atoms with E-state index >= 15 is 0 Å². The molecule has 2 aliphatic rings. The smallest absolute Gasteiger partial charge is 0.295 e. The number of hydrogen-bond donors (Lipinski definition) is 1. The first-order valence-electron chi connectivity index (χ1n) is 15.3. The highest BCUT2D eigenvalue weighted by Crippen LogP contribution is 2.42. The number of Topliss-reactive ketones (excluding diaryl/α,β-unsaturated/α-hetero) is 1. The molecule has 2 heterocycles. The van der Waals surface area contributed by atoms with Gasteiger partial charge in [-0.2, -0.15) is 0 Å². The van der Waals surface area contributed by atoms with E-state index in [9.17, 15) is 14.7 Å². The van der Waals surface area contributed by atoms with Crippen LogP contribution >= 0.6 is 0 Å². The Morgan fingerprint density at radius 1 is 0.953 bits per heavy atom. The largest absolute Gasteiger partial charge is 0.507 e. The van der Waals surface area contributed by atoms with Crippen LogP contribution in [0.2, 0.25) is 0 Å². The molecule has 234 valence electrons. The van der Waals surface area contributed by atoms with Crippen molar-refractivity contribution in [2.75, 3.05) is 59.7 Å². The number of amides is 1. The maximum absolute atomic E-state index is 13.5. The summed E-state index contributed by atoms with van der Waals surface area (Å²) >= 11 is 0. The van der Waals surface area contributed by atoms with Gasteiger partial charge in [-0.05, 0) is 66.6 Å². The van der Waals surface area contributed by atoms with Crippen LogP contribution in [0.5, 0.6) is 17.2 Å². The number of ether oxygens (including phenoxy) is 4. The number of carbonyl (C=O) groups is 2. The van der Waals surface area contributed by atoms with Crippen molar-refractivity contribution >= 4 is 17.4 Å². The molecular weight excluding hydrogens is 548 g/mol. The van der Waals surface area contributed by atoms with E-state index in [-0.39, 0.29) is 11.3 Å². The summed E-state index contributed by atoms with van der Waals surface area (Å²) in [6.07, 6.45) is 1.58. The first-order valence-corrected chi connectivity index (χ1v) is 15.3. The normalized spacial score (nSPS) is 19.0. The zero-order chi connectivity index (χ0) is 30.9.